The third-order valence-electron chi connectivity index (χ3n) is 17.0. The van der Waals surface area contributed by atoms with Crippen molar-refractivity contribution in [3.63, 3.8) is 0 Å². The molecule has 55 heavy (non-hydrogen) atoms. The second-order valence-corrected chi connectivity index (χ2v) is 20.1. The number of allylic oxidation sites excluding steroid dienone is 2. The number of unbranched alkanes of at least 4 members (excludes halogenated alkanes) is 11. The van der Waals surface area contributed by atoms with Gasteiger partial charge in [-0.25, -0.2) is 0 Å². The number of aliphatic hydroxyl groups excluding tert-OH is 1. The number of fused-ring (bicyclic) bond motifs is 5. The third kappa shape index (κ3) is 6.44. The van der Waals surface area contributed by atoms with Crippen molar-refractivity contribution < 1.29 is 44.9 Å². The van der Waals surface area contributed by atoms with Crippen molar-refractivity contribution in [3.8, 4) is 0 Å². The van der Waals surface area contributed by atoms with Gasteiger partial charge in [0, 0.05) is 61.6 Å². The topological polar surface area (TPSA) is 160 Å². The van der Waals surface area contributed by atoms with Crippen LogP contribution in [0.3, 0.4) is 0 Å². The first-order valence-corrected chi connectivity index (χ1v) is 22.6. The van der Waals surface area contributed by atoms with Crippen LogP contribution in [-0.2, 0) is 14.3 Å². The van der Waals surface area contributed by atoms with Crippen LogP contribution in [-0.4, -0.2) is 107 Å². The molecule has 4 aliphatic carbocycles. The zero-order valence-corrected chi connectivity index (χ0v) is 34.5. The molecular formula is C45H75NO9. The summed E-state index contributed by atoms with van der Waals surface area (Å²) in [7, 11) is 0. The van der Waals surface area contributed by atoms with Crippen LogP contribution in [0.25, 0.3) is 0 Å². The van der Waals surface area contributed by atoms with Gasteiger partial charge in [0.15, 0.2) is 6.10 Å². The Labute approximate surface area is 330 Å². The van der Waals surface area contributed by atoms with Gasteiger partial charge in [0.2, 0.25) is 5.79 Å². The van der Waals surface area contributed by atoms with E-state index in [4.69, 9.17) is 9.47 Å². The Morgan fingerprint density at radius 1 is 0.782 bits per heavy atom. The van der Waals surface area contributed by atoms with Crippen LogP contribution < -0.4 is 0 Å². The highest BCUT2D eigenvalue weighted by Gasteiger charge is 2.88. The van der Waals surface area contributed by atoms with Gasteiger partial charge >= 0.3 is 5.97 Å². The highest BCUT2D eigenvalue weighted by Crippen LogP contribution is 2.78. The fourth-order valence-corrected chi connectivity index (χ4v) is 14.0. The molecule has 7 fully saturated rings. The molecule has 0 unspecified atom stereocenters. The number of piperidine rings is 2. The van der Waals surface area contributed by atoms with E-state index < -0.39 is 63.3 Å². The van der Waals surface area contributed by atoms with Crippen molar-refractivity contribution in [3.05, 3.63) is 12.2 Å². The first-order chi connectivity index (χ1) is 26.0. The SMILES string of the molecule is CCCCCCCC/C=C\CCCCCCCC(=O)O[C@H]1CC[C@@]2(C)[C@@H]3CC[C@H]4[C@]5(O)C[C@H](O)[C@@]6(O)[C@@H](CN7C[C@@H](C)CC[C@H]7[C@@]6(C)O)[C@]5(O)C[C@@]42O[C@]13O. The summed E-state index contributed by atoms with van der Waals surface area (Å²) in [6, 6.07) is -0.386. The quantitative estimate of drug-likeness (QED) is 0.0619. The van der Waals surface area contributed by atoms with Crippen LogP contribution in [0.15, 0.2) is 12.2 Å². The number of ether oxygens (including phenoxy) is 2. The van der Waals surface area contributed by atoms with Crippen LogP contribution in [0.5, 0.6) is 0 Å². The van der Waals surface area contributed by atoms with Gasteiger partial charge in [-0.2, -0.15) is 0 Å². The number of carbonyl (C=O) groups is 1. The Morgan fingerprint density at radius 2 is 1.42 bits per heavy atom. The fourth-order valence-electron chi connectivity index (χ4n) is 14.0. The van der Waals surface area contributed by atoms with Crippen molar-refractivity contribution in [2.45, 2.75) is 221 Å². The number of hydrogen-bond donors (Lipinski definition) is 6. The van der Waals surface area contributed by atoms with E-state index in [1.807, 2.05) is 0 Å². The number of carbonyl (C=O) groups excluding carboxylic acids is 1. The first-order valence-electron chi connectivity index (χ1n) is 22.6. The lowest BCUT2D eigenvalue weighted by Crippen LogP contribution is -2.85. The average molecular weight is 774 g/mol. The molecule has 0 aromatic heterocycles. The van der Waals surface area contributed by atoms with Gasteiger partial charge in [-0.15, -0.1) is 0 Å². The molecule has 4 saturated carbocycles. The zero-order chi connectivity index (χ0) is 39.5. The molecule has 10 heteroatoms. The molecule has 6 N–H and O–H groups in total. The van der Waals surface area contributed by atoms with Crippen LogP contribution in [0.2, 0.25) is 0 Å². The Kier molecular flexibility index (Phi) is 11.8. The van der Waals surface area contributed by atoms with Crippen molar-refractivity contribution in [2.24, 2.45) is 29.1 Å². The molecule has 3 saturated heterocycles. The van der Waals surface area contributed by atoms with Gasteiger partial charge in [-0.05, 0) is 83.5 Å². The second-order valence-electron chi connectivity index (χ2n) is 20.1. The summed E-state index contributed by atoms with van der Waals surface area (Å²) in [5.41, 5.74) is -9.37. The molecule has 0 aromatic carbocycles. The molecule has 3 heterocycles. The zero-order valence-electron chi connectivity index (χ0n) is 34.5. The van der Waals surface area contributed by atoms with Gasteiger partial charge in [0.1, 0.15) is 22.4 Å². The molecule has 3 aliphatic heterocycles. The van der Waals surface area contributed by atoms with Crippen LogP contribution in [0.1, 0.15) is 169 Å². The van der Waals surface area contributed by atoms with E-state index in [1.54, 1.807) is 6.92 Å². The smallest absolute Gasteiger partial charge is 0.306 e. The molecule has 14 atom stereocenters. The lowest BCUT2D eigenvalue weighted by molar-refractivity contribution is -0.354. The monoisotopic (exact) mass is 774 g/mol. The highest BCUT2D eigenvalue weighted by atomic mass is 16.7. The molecule has 7 rings (SSSR count). The van der Waals surface area contributed by atoms with Crippen LogP contribution in [0, 0.1) is 29.1 Å². The molecule has 10 nitrogen and oxygen atoms in total. The summed E-state index contributed by atoms with van der Waals surface area (Å²) in [6.45, 7) is 8.98. The van der Waals surface area contributed by atoms with Crippen molar-refractivity contribution >= 4 is 5.97 Å². The maximum atomic E-state index is 13.2. The van der Waals surface area contributed by atoms with E-state index in [1.165, 1.54) is 44.9 Å². The van der Waals surface area contributed by atoms with E-state index in [2.05, 4.69) is 37.8 Å². The van der Waals surface area contributed by atoms with Crippen LogP contribution in [0.4, 0.5) is 0 Å². The summed E-state index contributed by atoms with van der Waals surface area (Å²) < 4.78 is 13.0. The van der Waals surface area contributed by atoms with Gasteiger partial charge in [-0.3, -0.25) is 9.69 Å². The Bertz CT molecular complexity index is 1410. The van der Waals surface area contributed by atoms with E-state index >= 15 is 0 Å². The molecule has 0 aromatic rings. The minimum absolute atomic E-state index is 0.0457. The van der Waals surface area contributed by atoms with E-state index in [9.17, 15) is 35.4 Å². The number of esters is 1. The number of nitrogens with zero attached hydrogens (tertiary/aromatic N) is 1. The number of aliphatic hydroxyl groups is 6. The van der Waals surface area contributed by atoms with E-state index in [0.717, 1.165) is 44.9 Å². The summed E-state index contributed by atoms with van der Waals surface area (Å²) in [5, 5.41) is 74.9. The number of hydrogen-bond acceptors (Lipinski definition) is 10. The van der Waals surface area contributed by atoms with Crippen LogP contribution >= 0.6 is 0 Å². The molecule has 314 valence electrons. The second kappa shape index (κ2) is 15.5. The molecule has 4 bridgehead atoms. The van der Waals surface area contributed by atoms with E-state index in [-0.39, 0.29) is 43.7 Å². The molecule has 1 spiro atoms. The molecule has 0 radical (unpaired) electrons. The van der Waals surface area contributed by atoms with Crippen molar-refractivity contribution in [1.82, 2.24) is 4.90 Å². The fraction of sp³-hybridized carbons (Fsp3) is 0.933. The molecule has 0 amide bonds. The largest absolute Gasteiger partial charge is 0.457 e. The first kappa shape index (κ1) is 42.0. The summed E-state index contributed by atoms with van der Waals surface area (Å²) in [5.74, 6) is -3.81. The lowest BCUT2D eigenvalue weighted by atomic mass is 9.49. The standard InChI is InChI=1S/C45H75NO9/c1-5-6-7-8-9-10-11-12-13-14-15-16-17-18-19-20-38(48)54-37-25-26-39(3)32-22-23-33-41(50)27-36(47)44(52)34(42(41,51)30-43(33,39)55-45(32,37)53)29-46-28-31(2)21-24-35(46)40(44,4)49/h12-13,31-37,47,49-53H,5-11,14-30H2,1-4H3/b13-12-/t31-,32-,33-,34-,35-,36-,37-,39-,40+,41+,42+,43+,44-,45-/m0/s1. The highest BCUT2D eigenvalue weighted by molar-refractivity contribution is 5.69. The maximum absolute atomic E-state index is 13.2. The minimum Gasteiger partial charge on any atom is -0.457 e. The summed E-state index contributed by atoms with van der Waals surface area (Å²) >= 11 is 0. The summed E-state index contributed by atoms with van der Waals surface area (Å²) in [6.07, 6.45) is 21.1. The molecular weight excluding hydrogens is 698 g/mol. The van der Waals surface area contributed by atoms with Crippen molar-refractivity contribution in [1.29, 1.82) is 0 Å². The number of rotatable bonds is 16. The Morgan fingerprint density at radius 3 is 2.11 bits per heavy atom. The predicted molar refractivity (Wildman–Crippen MR) is 210 cm³/mol. The maximum Gasteiger partial charge on any atom is 0.306 e. The summed E-state index contributed by atoms with van der Waals surface area (Å²) in [4.78, 5) is 15.4. The van der Waals surface area contributed by atoms with E-state index in [0.29, 0.717) is 44.6 Å². The minimum atomic E-state index is -2.06. The Balaban J connectivity index is 0.965. The van der Waals surface area contributed by atoms with Crippen molar-refractivity contribution in [2.75, 3.05) is 13.1 Å². The molecule has 7 aliphatic rings. The Hall–Kier alpha value is -1.11. The average Bonchev–Trinajstić information content (AvgIpc) is 3.30. The normalized spacial score (nSPS) is 48.7. The van der Waals surface area contributed by atoms with Gasteiger partial charge in [-0.1, -0.05) is 84.3 Å². The van der Waals surface area contributed by atoms with Gasteiger partial charge in [0.05, 0.1) is 11.7 Å². The lowest BCUT2D eigenvalue weighted by Gasteiger charge is -2.68. The predicted octanol–water partition coefficient (Wildman–Crippen LogP) is 6.06. The van der Waals surface area contributed by atoms with Gasteiger partial charge < -0.3 is 40.1 Å². The van der Waals surface area contributed by atoms with Gasteiger partial charge in [0.25, 0.3) is 0 Å². The third-order valence-corrected chi connectivity index (χ3v) is 17.0.